The van der Waals surface area contributed by atoms with Gasteiger partial charge in [0.15, 0.2) is 0 Å². The Hall–Kier alpha value is -1.22. The third kappa shape index (κ3) is 13.9. The van der Waals surface area contributed by atoms with Crippen molar-refractivity contribution in [1.29, 1.82) is 0 Å². The topological polar surface area (TPSA) is 30.5 Å². The van der Waals surface area contributed by atoms with Gasteiger partial charge in [-0.1, -0.05) is 97.5 Å². The predicted octanol–water partition coefficient (Wildman–Crippen LogP) is 8.05. The summed E-state index contributed by atoms with van der Waals surface area (Å²) in [4.78, 5) is 0. The van der Waals surface area contributed by atoms with Crippen molar-refractivity contribution in [2.75, 3.05) is 19.8 Å². The molecule has 0 atom stereocenters. The highest BCUT2D eigenvalue weighted by Crippen LogP contribution is 2.26. The standard InChI is InChI=1S/C27H49NO2/c1-4-7-10-13-16-21-29-26-19-18-25(24-28-20-15-12-9-6-3)27(23-26)30-22-17-14-11-8-5-2/h18-19,23,28H,4-17,20-22,24H2,1-3H3. The summed E-state index contributed by atoms with van der Waals surface area (Å²) < 4.78 is 12.2. The second-order valence-corrected chi connectivity index (χ2v) is 8.53. The molecule has 0 saturated heterocycles. The van der Waals surface area contributed by atoms with Gasteiger partial charge < -0.3 is 14.8 Å². The van der Waals surface area contributed by atoms with Crippen LogP contribution < -0.4 is 14.8 Å². The van der Waals surface area contributed by atoms with Crippen LogP contribution in [0.2, 0.25) is 0 Å². The minimum absolute atomic E-state index is 0.799. The number of ether oxygens (including phenoxy) is 2. The van der Waals surface area contributed by atoms with Crippen LogP contribution in [0.3, 0.4) is 0 Å². The smallest absolute Gasteiger partial charge is 0.127 e. The maximum Gasteiger partial charge on any atom is 0.127 e. The minimum Gasteiger partial charge on any atom is -0.493 e. The van der Waals surface area contributed by atoms with Gasteiger partial charge in [-0.05, 0) is 31.9 Å². The third-order valence-electron chi connectivity index (χ3n) is 5.58. The summed E-state index contributed by atoms with van der Waals surface area (Å²) in [6, 6.07) is 6.39. The van der Waals surface area contributed by atoms with Crippen molar-refractivity contribution in [2.45, 2.75) is 117 Å². The average Bonchev–Trinajstić information content (AvgIpc) is 2.76. The molecule has 0 radical (unpaired) electrons. The van der Waals surface area contributed by atoms with Gasteiger partial charge in [-0.25, -0.2) is 0 Å². The number of hydrogen-bond acceptors (Lipinski definition) is 3. The van der Waals surface area contributed by atoms with E-state index in [1.807, 2.05) is 0 Å². The molecule has 30 heavy (non-hydrogen) atoms. The first-order chi connectivity index (χ1) is 14.8. The molecule has 0 unspecified atom stereocenters. The van der Waals surface area contributed by atoms with Gasteiger partial charge in [-0.3, -0.25) is 0 Å². The molecule has 0 fully saturated rings. The minimum atomic E-state index is 0.799. The normalized spacial score (nSPS) is 11.0. The first kappa shape index (κ1) is 26.8. The van der Waals surface area contributed by atoms with Gasteiger partial charge in [0.25, 0.3) is 0 Å². The zero-order valence-corrected chi connectivity index (χ0v) is 20.3. The molecule has 174 valence electrons. The molecule has 0 heterocycles. The molecule has 0 amide bonds. The highest BCUT2D eigenvalue weighted by molar-refractivity contribution is 5.40. The second kappa shape index (κ2) is 19.7. The third-order valence-corrected chi connectivity index (χ3v) is 5.58. The van der Waals surface area contributed by atoms with E-state index in [1.54, 1.807) is 0 Å². The van der Waals surface area contributed by atoms with Crippen LogP contribution in [-0.4, -0.2) is 19.8 Å². The lowest BCUT2D eigenvalue weighted by molar-refractivity contribution is 0.287. The molecule has 0 aliphatic carbocycles. The summed E-state index contributed by atoms with van der Waals surface area (Å²) >= 11 is 0. The van der Waals surface area contributed by atoms with Crippen molar-refractivity contribution in [3.8, 4) is 11.5 Å². The fraction of sp³-hybridized carbons (Fsp3) is 0.778. The maximum absolute atomic E-state index is 6.19. The molecule has 3 nitrogen and oxygen atoms in total. The molecule has 0 aliphatic heterocycles. The highest BCUT2D eigenvalue weighted by atomic mass is 16.5. The largest absolute Gasteiger partial charge is 0.493 e. The van der Waals surface area contributed by atoms with Gasteiger partial charge in [-0.2, -0.15) is 0 Å². The molecule has 0 aromatic heterocycles. The number of unbranched alkanes of at least 4 members (excludes halogenated alkanes) is 11. The summed E-state index contributed by atoms with van der Waals surface area (Å²) in [6.07, 6.45) is 17.8. The fourth-order valence-corrected chi connectivity index (χ4v) is 3.59. The molecular formula is C27H49NO2. The summed E-state index contributed by atoms with van der Waals surface area (Å²) in [5.74, 6) is 1.94. The first-order valence-corrected chi connectivity index (χ1v) is 12.9. The maximum atomic E-state index is 6.19. The van der Waals surface area contributed by atoms with E-state index < -0.39 is 0 Å². The van der Waals surface area contributed by atoms with Crippen LogP contribution in [0.25, 0.3) is 0 Å². The Morgan fingerprint density at radius 1 is 0.633 bits per heavy atom. The molecular weight excluding hydrogens is 370 g/mol. The molecule has 1 aromatic rings. The Bertz CT molecular complexity index is 504. The lowest BCUT2D eigenvalue weighted by Gasteiger charge is -2.15. The molecule has 0 saturated carbocycles. The van der Waals surface area contributed by atoms with E-state index in [4.69, 9.17) is 9.47 Å². The van der Waals surface area contributed by atoms with Crippen LogP contribution in [0.5, 0.6) is 11.5 Å². The molecule has 1 rings (SSSR count). The zero-order chi connectivity index (χ0) is 21.7. The number of nitrogens with one attached hydrogen (secondary N) is 1. The summed E-state index contributed by atoms with van der Waals surface area (Å²) in [6.45, 7) is 10.3. The fourth-order valence-electron chi connectivity index (χ4n) is 3.59. The van der Waals surface area contributed by atoms with Crippen LogP contribution in [-0.2, 0) is 6.54 Å². The molecule has 1 aromatic carbocycles. The predicted molar refractivity (Wildman–Crippen MR) is 131 cm³/mol. The van der Waals surface area contributed by atoms with Crippen LogP contribution in [0.1, 0.15) is 116 Å². The Morgan fingerprint density at radius 2 is 1.20 bits per heavy atom. The van der Waals surface area contributed by atoms with Crippen molar-refractivity contribution in [3.05, 3.63) is 23.8 Å². The summed E-state index contributed by atoms with van der Waals surface area (Å²) in [5.41, 5.74) is 1.24. The van der Waals surface area contributed by atoms with E-state index in [9.17, 15) is 0 Å². The van der Waals surface area contributed by atoms with Crippen LogP contribution in [0.15, 0.2) is 18.2 Å². The Balaban J connectivity index is 2.48. The van der Waals surface area contributed by atoms with Gasteiger partial charge in [0, 0.05) is 18.2 Å². The van der Waals surface area contributed by atoms with Gasteiger partial charge >= 0.3 is 0 Å². The van der Waals surface area contributed by atoms with E-state index in [0.29, 0.717) is 0 Å². The second-order valence-electron chi connectivity index (χ2n) is 8.53. The van der Waals surface area contributed by atoms with Crippen molar-refractivity contribution in [2.24, 2.45) is 0 Å². The quantitative estimate of drug-likeness (QED) is 0.204. The van der Waals surface area contributed by atoms with E-state index in [0.717, 1.165) is 50.6 Å². The summed E-state index contributed by atoms with van der Waals surface area (Å²) in [7, 11) is 0. The van der Waals surface area contributed by atoms with Crippen LogP contribution in [0.4, 0.5) is 0 Å². The monoisotopic (exact) mass is 419 g/mol. The Labute approximate surface area is 187 Å². The number of hydrogen-bond donors (Lipinski definition) is 1. The highest BCUT2D eigenvalue weighted by Gasteiger charge is 2.07. The number of benzene rings is 1. The molecule has 0 bridgehead atoms. The van der Waals surface area contributed by atoms with Crippen molar-refractivity contribution in [3.63, 3.8) is 0 Å². The van der Waals surface area contributed by atoms with E-state index in [1.165, 1.54) is 82.6 Å². The average molecular weight is 420 g/mol. The van der Waals surface area contributed by atoms with Gasteiger partial charge in [0.05, 0.1) is 13.2 Å². The first-order valence-electron chi connectivity index (χ1n) is 12.9. The van der Waals surface area contributed by atoms with E-state index in [2.05, 4.69) is 44.3 Å². The van der Waals surface area contributed by atoms with E-state index in [-0.39, 0.29) is 0 Å². The van der Waals surface area contributed by atoms with Crippen LogP contribution in [0, 0.1) is 0 Å². The van der Waals surface area contributed by atoms with Gasteiger partial charge in [0.1, 0.15) is 11.5 Å². The van der Waals surface area contributed by atoms with Crippen molar-refractivity contribution >= 4 is 0 Å². The SMILES string of the molecule is CCCCCCCOc1ccc(CNCCCCCC)c(OCCCCCCC)c1. The number of rotatable bonds is 21. The molecule has 0 spiro atoms. The Morgan fingerprint density at radius 3 is 1.83 bits per heavy atom. The zero-order valence-electron chi connectivity index (χ0n) is 20.3. The molecule has 1 N–H and O–H groups in total. The lowest BCUT2D eigenvalue weighted by Crippen LogP contribution is -2.15. The van der Waals surface area contributed by atoms with Crippen molar-refractivity contribution < 1.29 is 9.47 Å². The Kier molecular flexibility index (Phi) is 17.6. The van der Waals surface area contributed by atoms with Gasteiger partial charge in [0.2, 0.25) is 0 Å². The molecule has 0 aliphatic rings. The van der Waals surface area contributed by atoms with Crippen LogP contribution >= 0.6 is 0 Å². The van der Waals surface area contributed by atoms with Crippen molar-refractivity contribution in [1.82, 2.24) is 5.32 Å². The summed E-state index contributed by atoms with van der Waals surface area (Å²) in [5, 5.41) is 3.59. The van der Waals surface area contributed by atoms with Gasteiger partial charge in [-0.15, -0.1) is 0 Å². The molecule has 3 heteroatoms. The lowest BCUT2D eigenvalue weighted by atomic mass is 10.1. The van der Waals surface area contributed by atoms with E-state index >= 15 is 0 Å².